The number of aliphatic carboxylic acids is 1. The summed E-state index contributed by atoms with van der Waals surface area (Å²) in [5.41, 5.74) is 0. The molecule has 0 aliphatic heterocycles. The van der Waals surface area contributed by atoms with Gasteiger partial charge in [0, 0.05) is 6.08 Å². The summed E-state index contributed by atoms with van der Waals surface area (Å²) >= 11 is 0. The van der Waals surface area contributed by atoms with Crippen LogP contribution in [0.1, 0.15) is 19.3 Å². The summed E-state index contributed by atoms with van der Waals surface area (Å²) < 4.78 is 0. The van der Waals surface area contributed by atoms with Crippen LogP contribution in [0.4, 0.5) is 0 Å². The molecule has 2 nitrogen and oxygen atoms in total. The molecule has 1 N–H and O–H groups in total. The van der Waals surface area contributed by atoms with Crippen molar-refractivity contribution >= 4 is 5.97 Å². The van der Waals surface area contributed by atoms with Gasteiger partial charge in [-0.1, -0.05) is 24.6 Å². The molecular formula is C9H12O2. The molecule has 1 aliphatic carbocycles. The van der Waals surface area contributed by atoms with E-state index in [0.29, 0.717) is 5.92 Å². The Kier molecular flexibility index (Phi) is 2.90. The van der Waals surface area contributed by atoms with Gasteiger partial charge in [0.1, 0.15) is 0 Å². The number of hydrogen-bond donors (Lipinski definition) is 1. The molecule has 0 spiro atoms. The lowest BCUT2D eigenvalue weighted by Crippen LogP contribution is -2.06. The van der Waals surface area contributed by atoms with Crippen LogP contribution in [0.15, 0.2) is 24.3 Å². The smallest absolute Gasteiger partial charge is 0.328 e. The van der Waals surface area contributed by atoms with E-state index in [9.17, 15) is 4.79 Å². The normalized spacial score (nSPS) is 19.3. The molecule has 0 saturated heterocycles. The van der Waals surface area contributed by atoms with Gasteiger partial charge in [0.2, 0.25) is 0 Å². The molecule has 0 atom stereocenters. The summed E-state index contributed by atoms with van der Waals surface area (Å²) in [5, 5.41) is 8.23. The minimum atomic E-state index is -0.886. The van der Waals surface area contributed by atoms with Crippen LogP contribution >= 0.6 is 0 Å². The summed E-state index contributed by atoms with van der Waals surface area (Å²) in [4.78, 5) is 10.0. The topological polar surface area (TPSA) is 37.3 Å². The monoisotopic (exact) mass is 152 g/mol. The van der Waals surface area contributed by atoms with Gasteiger partial charge < -0.3 is 5.11 Å². The van der Waals surface area contributed by atoms with Crippen molar-refractivity contribution in [3.8, 4) is 0 Å². The van der Waals surface area contributed by atoms with Crippen LogP contribution in [0.25, 0.3) is 0 Å². The molecule has 0 bridgehead atoms. The molecular weight excluding hydrogens is 140 g/mol. The number of rotatable bonds is 3. The number of allylic oxidation sites excluding steroid dienone is 3. The second-order valence-corrected chi connectivity index (χ2v) is 2.77. The first-order valence-electron chi connectivity index (χ1n) is 3.87. The average molecular weight is 152 g/mol. The van der Waals surface area contributed by atoms with Gasteiger partial charge in [-0.25, -0.2) is 4.79 Å². The van der Waals surface area contributed by atoms with Gasteiger partial charge >= 0.3 is 5.97 Å². The van der Waals surface area contributed by atoms with Crippen LogP contribution in [0.2, 0.25) is 0 Å². The van der Waals surface area contributed by atoms with E-state index in [1.807, 2.05) is 6.08 Å². The fraction of sp³-hybridized carbons (Fsp3) is 0.444. The molecule has 0 radical (unpaired) electrons. The van der Waals surface area contributed by atoms with E-state index < -0.39 is 5.97 Å². The van der Waals surface area contributed by atoms with E-state index in [1.165, 1.54) is 19.3 Å². The van der Waals surface area contributed by atoms with Crippen LogP contribution in [0.5, 0.6) is 0 Å². The first kappa shape index (κ1) is 8.05. The SMILES string of the molecule is O=C(O)/C=C/C=C/C1CCC1. The zero-order valence-corrected chi connectivity index (χ0v) is 6.36. The van der Waals surface area contributed by atoms with E-state index in [1.54, 1.807) is 6.08 Å². The molecule has 11 heavy (non-hydrogen) atoms. The minimum Gasteiger partial charge on any atom is -0.478 e. The zero-order valence-electron chi connectivity index (χ0n) is 6.36. The van der Waals surface area contributed by atoms with Crippen molar-refractivity contribution in [3.05, 3.63) is 24.3 Å². The van der Waals surface area contributed by atoms with Gasteiger partial charge in [-0.15, -0.1) is 0 Å². The Hall–Kier alpha value is -1.05. The van der Waals surface area contributed by atoms with Crippen LogP contribution < -0.4 is 0 Å². The predicted octanol–water partition coefficient (Wildman–Crippen LogP) is 1.98. The average Bonchev–Trinajstić information content (AvgIpc) is 1.82. The highest BCUT2D eigenvalue weighted by Gasteiger charge is 2.12. The van der Waals surface area contributed by atoms with Crippen LogP contribution in [0.3, 0.4) is 0 Å². The highest BCUT2D eigenvalue weighted by molar-refractivity contribution is 5.80. The highest BCUT2D eigenvalue weighted by atomic mass is 16.4. The maximum absolute atomic E-state index is 10.0. The fourth-order valence-electron chi connectivity index (χ4n) is 0.991. The van der Waals surface area contributed by atoms with Crippen molar-refractivity contribution in [2.24, 2.45) is 5.92 Å². The summed E-state index contributed by atoms with van der Waals surface area (Å²) in [6.45, 7) is 0. The third kappa shape index (κ3) is 3.03. The Morgan fingerprint density at radius 1 is 1.36 bits per heavy atom. The standard InChI is InChI=1S/C9H12O2/c10-9(11)7-2-1-4-8-5-3-6-8/h1-2,4,7-8H,3,5-6H2,(H,10,11)/b4-1+,7-2+. The Morgan fingerprint density at radius 2 is 2.09 bits per heavy atom. The minimum absolute atomic E-state index is 0.702. The molecule has 0 heterocycles. The molecule has 1 fully saturated rings. The molecule has 60 valence electrons. The molecule has 0 aromatic rings. The highest BCUT2D eigenvalue weighted by Crippen LogP contribution is 2.27. The first-order valence-corrected chi connectivity index (χ1v) is 3.87. The number of hydrogen-bond acceptors (Lipinski definition) is 1. The van der Waals surface area contributed by atoms with E-state index in [2.05, 4.69) is 6.08 Å². The predicted molar refractivity (Wildman–Crippen MR) is 43.3 cm³/mol. The van der Waals surface area contributed by atoms with Gasteiger partial charge in [0.25, 0.3) is 0 Å². The third-order valence-corrected chi connectivity index (χ3v) is 1.88. The van der Waals surface area contributed by atoms with Crippen molar-refractivity contribution in [2.75, 3.05) is 0 Å². The van der Waals surface area contributed by atoms with Crippen molar-refractivity contribution < 1.29 is 9.90 Å². The van der Waals surface area contributed by atoms with Crippen LogP contribution in [0, 0.1) is 5.92 Å². The third-order valence-electron chi connectivity index (χ3n) is 1.88. The Labute approximate surface area is 66.2 Å². The quantitative estimate of drug-likeness (QED) is 0.496. The van der Waals surface area contributed by atoms with Crippen molar-refractivity contribution in [1.82, 2.24) is 0 Å². The number of carboxylic acids is 1. The maximum atomic E-state index is 10.0. The van der Waals surface area contributed by atoms with Gasteiger partial charge in [0.05, 0.1) is 0 Å². The molecule has 0 aromatic heterocycles. The van der Waals surface area contributed by atoms with E-state index in [0.717, 1.165) is 6.08 Å². The first-order chi connectivity index (χ1) is 5.29. The molecule has 1 rings (SSSR count). The van der Waals surface area contributed by atoms with Crippen LogP contribution in [-0.2, 0) is 4.79 Å². The number of carboxylic acid groups (broad SMARTS) is 1. The summed E-state index contributed by atoms with van der Waals surface area (Å²) in [6, 6.07) is 0. The lowest BCUT2D eigenvalue weighted by atomic mass is 9.85. The summed E-state index contributed by atoms with van der Waals surface area (Å²) in [7, 11) is 0. The lowest BCUT2D eigenvalue weighted by molar-refractivity contribution is -0.131. The largest absolute Gasteiger partial charge is 0.478 e. The van der Waals surface area contributed by atoms with Gasteiger partial charge in [-0.3, -0.25) is 0 Å². The van der Waals surface area contributed by atoms with E-state index in [4.69, 9.17) is 5.11 Å². The van der Waals surface area contributed by atoms with Gasteiger partial charge in [-0.2, -0.15) is 0 Å². The van der Waals surface area contributed by atoms with Gasteiger partial charge in [0.15, 0.2) is 0 Å². The molecule has 0 amide bonds. The second-order valence-electron chi connectivity index (χ2n) is 2.77. The Morgan fingerprint density at radius 3 is 2.55 bits per heavy atom. The fourth-order valence-corrected chi connectivity index (χ4v) is 0.991. The van der Waals surface area contributed by atoms with Crippen molar-refractivity contribution in [3.63, 3.8) is 0 Å². The zero-order chi connectivity index (χ0) is 8.10. The molecule has 0 unspecified atom stereocenters. The Bertz CT molecular complexity index is 188. The molecule has 1 saturated carbocycles. The van der Waals surface area contributed by atoms with Crippen molar-refractivity contribution in [2.45, 2.75) is 19.3 Å². The molecule has 2 heteroatoms. The number of carbonyl (C=O) groups is 1. The summed E-state index contributed by atoms with van der Waals surface area (Å²) in [5.74, 6) is -0.184. The second kappa shape index (κ2) is 3.96. The molecule has 0 aromatic carbocycles. The lowest BCUT2D eigenvalue weighted by Gasteiger charge is -2.20. The summed E-state index contributed by atoms with van der Waals surface area (Å²) in [6.07, 6.45) is 10.4. The van der Waals surface area contributed by atoms with E-state index in [-0.39, 0.29) is 0 Å². The Balaban J connectivity index is 2.18. The van der Waals surface area contributed by atoms with Crippen LogP contribution in [-0.4, -0.2) is 11.1 Å². The maximum Gasteiger partial charge on any atom is 0.328 e. The molecule has 1 aliphatic rings. The van der Waals surface area contributed by atoms with Crippen molar-refractivity contribution in [1.29, 1.82) is 0 Å². The van der Waals surface area contributed by atoms with E-state index >= 15 is 0 Å². The van der Waals surface area contributed by atoms with Gasteiger partial charge in [-0.05, 0) is 18.8 Å².